The highest BCUT2D eigenvalue weighted by atomic mass is 35.5. The minimum atomic E-state index is -0.427. The molecule has 0 atom stereocenters. The van der Waals surface area contributed by atoms with Crippen LogP contribution in [0.25, 0.3) is 0 Å². The van der Waals surface area contributed by atoms with E-state index in [2.05, 4.69) is 21.8 Å². The Bertz CT molecular complexity index is 896. The summed E-state index contributed by atoms with van der Waals surface area (Å²) >= 11 is 12.9. The van der Waals surface area contributed by atoms with Gasteiger partial charge in [-0.15, -0.1) is 11.3 Å². The van der Waals surface area contributed by atoms with Gasteiger partial charge < -0.3 is 5.32 Å². The number of nitrogens with zero attached hydrogens (tertiary/aromatic N) is 3. The first-order valence-electron chi connectivity index (χ1n) is 8.43. The predicted octanol–water partition coefficient (Wildman–Crippen LogP) is 3.89. The second-order valence-electron chi connectivity index (χ2n) is 5.95. The normalized spacial score (nSPS) is 13.4. The molecule has 0 fully saturated rings. The van der Waals surface area contributed by atoms with Gasteiger partial charge in [-0.25, -0.2) is 0 Å². The second-order valence-corrected chi connectivity index (χ2v) is 7.87. The number of hydrogen-bond acceptors (Lipinski definition) is 5. The first-order chi connectivity index (χ1) is 12.5. The third-order valence-electron chi connectivity index (χ3n) is 4.30. The maximum Gasteiger partial charge on any atom is 0.277 e. The molecule has 9 heteroatoms. The van der Waals surface area contributed by atoms with Crippen LogP contribution in [0.2, 0.25) is 5.02 Å². The largest absolute Gasteiger partial charge is 0.323 e. The monoisotopic (exact) mass is 407 g/mol. The van der Waals surface area contributed by atoms with Gasteiger partial charge in [0.25, 0.3) is 5.91 Å². The Morgan fingerprint density at radius 2 is 2.23 bits per heavy atom. The number of fused-ring (bicyclic) bond motifs is 1. The predicted molar refractivity (Wildman–Crippen MR) is 107 cm³/mol. The van der Waals surface area contributed by atoms with Crippen LogP contribution >= 0.6 is 35.2 Å². The fourth-order valence-corrected chi connectivity index (χ4v) is 4.80. The summed E-state index contributed by atoms with van der Waals surface area (Å²) in [6.45, 7) is 2.39. The Balaban J connectivity index is 1.75. The van der Waals surface area contributed by atoms with Crippen molar-refractivity contribution in [3.05, 3.63) is 32.9 Å². The fourth-order valence-electron chi connectivity index (χ4n) is 3.07. The number of thiocarbonyl (C=S) groups is 1. The smallest absolute Gasteiger partial charge is 0.277 e. The summed E-state index contributed by atoms with van der Waals surface area (Å²) < 4.78 is 1.51. The lowest BCUT2D eigenvalue weighted by Gasteiger charge is -2.10. The van der Waals surface area contributed by atoms with E-state index >= 15 is 0 Å². The number of rotatable bonds is 3. The lowest BCUT2D eigenvalue weighted by atomic mass is 10.1. The lowest BCUT2D eigenvalue weighted by Crippen LogP contribution is -2.35. The van der Waals surface area contributed by atoms with Crippen LogP contribution in [0.1, 0.15) is 52.7 Å². The van der Waals surface area contributed by atoms with Crippen molar-refractivity contribution < 1.29 is 4.79 Å². The molecule has 1 aliphatic rings. The van der Waals surface area contributed by atoms with Crippen molar-refractivity contribution in [3.8, 4) is 6.07 Å². The van der Waals surface area contributed by atoms with Gasteiger partial charge in [-0.2, -0.15) is 10.4 Å². The van der Waals surface area contributed by atoms with Gasteiger partial charge in [0.15, 0.2) is 5.11 Å². The van der Waals surface area contributed by atoms with Gasteiger partial charge in [0.2, 0.25) is 0 Å². The minimum absolute atomic E-state index is 0.142. The van der Waals surface area contributed by atoms with Crippen molar-refractivity contribution in [2.45, 2.75) is 45.6 Å². The minimum Gasteiger partial charge on any atom is -0.323 e. The van der Waals surface area contributed by atoms with E-state index in [0.29, 0.717) is 17.1 Å². The van der Waals surface area contributed by atoms with Crippen molar-refractivity contribution in [3.63, 3.8) is 0 Å². The van der Waals surface area contributed by atoms with Crippen molar-refractivity contribution >= 4 is 51.2 Å². The molecule has 2 N–H and O–H groups in total. The topological polar surface area (TPSA) is 82.7 Å². The molecule has 1 amide bonds. The Morgan fingerprint density at radius 3 is 2.96 bits per heavy atom. The van der Waals surface area contributed by atoms with E-state index in [1.54, 1.807) is 11.3 Å². The number of aromatic nitrogens is 2. The molecule has 6 nitrogen and oxygen atoms in total. The van der Waals surface area contributed by atoms with Gasteiger partial charge in [0.05, 0.1) is 16.8 Å². The van der Waals surface area contributed by atoms with Gasteiger partial charge in [-0.3, -0.25) is 14.8 Å². The molecule has 136 valence electrons. The Labute approximate surface area is 166 Å². The number of hydrogen-bond donors (Lipinski definition) is 2. The van der Waals surface area contributed by atoms with Crippen LogP contribution in [-0.2, 0) is 19.4 Å². The van der Waals surface area contributed by atoms with Gasteiger partial charge in [-0.05, 0) is 50.4 Å². The lowest BCUT2D eigenvalue weighted by molar-refractivity contribution is 0.0967. The Hall–Kier alpha value is -1.95. The van der Waals surface area contributed by atoms with Crippen molar-refractivity contribution in [1.29, 1.82) is 5.26 Å². The average Bonchev–Trinajstić information content (AvgIpc) is 3.05. The van der Waals surface area contributed by atoms with E-state index in [0.717, 1.165) is 31.2 Å². The highest BCUT2D eigenvalue weighted by molar-refractivity contribution is 7.80. The Kier molecular flexibility index (Phi) is 5.91. The van der Waals surface area contributed by atoms with Crippen LogP contribution in [-0.4, -0.2) is 20.8 Å². The van der Waals surface area contributed by atoms with Crippen LogP contribution < -0.4 is 10.6 Å². The van der Waals surface area contributed by atoms with Crippen LogP contribution in [0.15, 0.2) is 6.20 Å². The van der Waals surface area contributed by atoms with Gasteiger partial charge >= 0.3 is 0 Å². The summed E-state index contributed by atoms with van der Waals surface area (Å²) in [6, 6.07) is 2.29. The second kappa shape index (κ2) is 8.16. The van der Waals surface area contributed by atoms with Crippen molar-refractivity contribution in [1.82, 2.24) is 15.1 Å². The van der Waals surface area contributed by atoms with Crippen LogP contribution in [0, 0.1) is 11.3 Å². The van der Waals surface area contributed by atoms with E-state index in [4.69, 9.17) is 23.8 Å². The van der Waals surface area contributed by atoms with Crippen molar-refractivity contribution in [2.24, 2.45) is 0 Å². The maximum absolute atomic E-state index is 12.5. The third-order valence-corrected chi connectivity index (χ3v) is 5.98. The summed E-state index contributed by atoms with van der Waals surface area (Å²) in [6.07, 6.45) is 6.76. The number of anilines is 1. The highest BCUT2D eigenvalue weighted by Crippen LogP contribution is 2.36. The maximum atomic E-state index is 12.5. The molecule has 2 aromatic heterocycles. The molecule has 2 heterocycles. The summed E-state index contributed by atoms with van der Waals surface area (Å²) in [4.78, 5) is 13.7. The molecular weight excluding hydrogens is 390 g/mol. The molecule has 0 bridgehead atoms. The molecule has 0 aliphatic heterocycles. The SMILES string of the molecule is CCn1ncc(Cl)c1C(=O)NC(=S)Nc1sc2c(c1C#N)CCCCC2. The third kappa shape index (κ3) is 3.75. The fraction of sp³-hybridized carbons (Fsp3) is 0.412. The molecule has 0 spiro atoms. The standard InChI is InChI=1S/C17H18ClN5OS2/c1-2-23-14(12(18)9-20-23)15(24)21-17(25)22-16-11(8-19)10-6-4-3-5-7-13(10)26-16/h9H,2-7H2,1H3,(H2,21,22,24,25). The van der Waals surface area contributed by atoms with E-state index in [1.165, 1.54) is 22.2 Å². The molecule has 0 saturated carbocycles. The zero-order chi connectivity index (χ0) is 18.7. The number of carbonyl (C=O) groups excluding carboxylic acids is 1. The molecule has 3 rings (SSSR count). The molecule has 2 aromatic rings. The van der Waals surface area contributed by atoms with Crippen LogP contribution in [0.4, 0.5) is 5.00 Å². The van der Waals surface area contributed by atoms with E-state index < -0.39 is 5.91 Å². The molecular formula is C17H18ClN5OS2. The number of nitriles is 1. The summed E-state index contributed by atoms with van der Waals surface area (Å²) in [5.74, 6) is -0.427. The summed E-state index contributed by atoms with van der Waals surface area (Å²) in [5.41, 5.74) is 2.03. The van der Waals surface area contributed by atoms with Gasteiger partial charge in [0, 0.05) is 11.4 Å². The first kappa shape index (κ1) is 18.8. The number of aryl methyl sites for hydroxylation is 2. The number of nitrogens with one attached hydrogen (secondary N) is 2. The van der Waals surface area contributed by atoms with Crippen LogP contribution in [0.3, 0.4) is 0 Å². The number of carbonyl (C=O) groups is 1. The molecule has 26 heavy (non-hydrogen) atoms. The zero-order valence-electron chi connectivity index (χ0n) is 14.3. The summed E-state index contributed by atoms with van der Waals surface area (Å²) in [7, 11) is 0. The van der Waals surface area contributed by atoms with Gasteiger partial charge in [0.1, 0.15) is 16.8 Å². The average molecular weight is 408 g/mol. The molecule has 0 aromatic carbocycles. The van der Waals surface area contributed by atoms with Crippen molar-refractivity contribution in [2.75, 3.05) is 5.32 Å². The molecule has 1 aliphatic carbocycles. The highest BCUT2D eigenvalue weighted by Gasteiger charge is 2.22. The zero-order valence-corrected chi connectivity index (χ0v) is 16.7. The molecule has 0 unspecified atom stereocenters. The van der Waals surface area contributed by atoms with E-state index in [9.17, 15) is 10.1 Å². The molecule has 0 radical (unpaired) electrons. The number of halogens is 1. The quantitative estimate of drug-likeness (QED) is 0.595. The number of thiophene rings is 1. The molecule has 0 saturated heterocycles. The van der Waals surface area contributed by atoms with Crippen LogP contribution in [0.5, 0.6) is 0 Å². The number of amides is 1. The summed E-state index contributed by atoms with van der Waals surface area (Å²) in [5, 5.41) is 20.4. The van der Waals surface area contributed by atoms with E-state index in [1.807, 2.05) is 6.92 Å². The van der Waals surface area contributed by atoms with Gasteiger partial charge in [-0.1, -0.05) is 18.0 Å². The Morgan fingerprint density at radius 1 is 1.46 bits per heavy atom. The van der Waals surface area contributed by atoms with E-state index in [-0.39, 0.29) is 15.8 Å². The first-order valence-corrected chi connectivity index (χ1v) is 10.0.